The van der Waals surface area contributed by atoms with E-state index >= 15 is 0 Å². The van der Waals surface area contributed by atoms with Crippen molar-refractivity contribution in [3.8, 4) is 5.75 Å². The number of nitrogens with one attached hydrogen (secondary N) is 2. The van der Waals surface area contributed by atoms with Crippen LogP contribution in [-0.4, -0.2) is 43.6 Å². The van der Waals surface area contributed by atoms with Crippen molar-refractivity contribution in [2.75, 3.05) is 26.1 Å². The van der Waals surface area contributed by atoms with E-state index in [1.54, 1.807) is 25.4 Å². The van der Waals surface area contributed by atoms with E-state index in [1.165, 1.54) is 31.4 Å². The Balaban J connectivity index is 2.01. The lowest BCUT2D eigenvalue weighted by Crippen LogP contribution is -2.32. The molecule has 0 radical (unpaired) electrons. The van der Waals surface area contributed by atoms with Crippen LogP contribution in [0, 0.1) is 11.2 Å². The van der Waals surface area contributed by atoms with Gasteiger partial charge in [-0.05, 0) is 47.4 Å². The normalized spacial score (nSPS) is 12.8. The highest BCUT2D eigenvalue weighted by Crippen LogP contribution is 2.28. The van der Waals surface area contributed by atoms with E-state index in [2.05, 4.69) is 10.3 Å². The van der Waals surface area contributed by atoms with Crippen LogP contribution in [0.5, 0.6) is 5.75 Å². The quantitative estimate of drug-likeness (QED) is 0.364. The number of anilines is 1. The predicted octanol–water partition coefficient (Wildman–Crippen LogP) is 4.60. The molecule has 2 unspecified atom stereocenters. The Morgan fingerprint density at radius 1 is 1.12 bits per heavy atom. The van der Waals surface area contributed by atoms with Crippen LogP contribution in [0.1, 0.15) is 28.7 Å². The molecule has 34 heavy (non-hydrogen) atoms. The minimum absolute atomic E-state index is 0.0350. The molecule has 0 amide bonds. The van der Waals surface area contributed by atoms with Crippen molar-refractivity contribution in [2.45, 2.75) is 18.4 Å². The van der Waals surface area contributed by atoms with Crippen molar-refractivity contribution in [1.29, 1.82) is 5.41 Å². The Morgan fingerprint density at radius 3 is 2.44 bits per heavy atom. The summed E-state index contributed by atoms with van der Waals surface area (Å²) >= 11 is 0. The van der Waals surface area contributed by atoms with Crippen molar-refractivity contribution in [3.63, 3.8) is 0 Å². The van der Waals surface area contributed by atoms with Crippen LogP contribution in [-0.2, 0) is 11.2 Å². The largest absolute Gasteiger partial charge is 0.497 e. The summed E-state index contributed by atoms with van der Waals surface area (Å²) in [5.74, 6) is -0.948. The van der Waals surface area contributed by atoms with Crippen LogP contribution in [0.25, 0.3) is 0 Å². The van der Waals surface area contributed by atoms with E-state index < -0.39 is 23.6 Å². The third-order valence-corrected chi connectivity index (χ3v) is 5.41. The number of Topliss-reactive ketones (excluding diaryl/α,β-unsaturated/α-hetero) is 1. The highest BCUT2D eigenvalue weighted by molar-refractivity contribution is 6.45. The molecule has 2 atom stereocenters. The summed E-state index contributed by atoms with van der Waals surface area (Å²) in [7, 11) is 3.14. The monoisotopic (exact) mass is 461 g/mol. The molecule has 3 aromatic carbocycles. The molecule has 0 spiro atoms. The lowest BCUT2D eigenvalue weighted by molar-refractivity contribution is -0.113. The summed E-state index contributed by atoms with van der Waals surface area (Å²) in [5, 5.41) is 21.3. The second-order valence-electron chi connectivity index (χ2n) is 7.75. The molecule has 0 aliphatic heterocycles. The number of ketones is 1. The minimum Gasteiger partial charge on any atom is -0.497 e. The van der Waals surface area contributed by atoms with Gasteiger partial charge in [0.2, 0.25) is 5.78 Å². The van der Waals surface area contributed by atoms with Gasteiger partial charge in [-0.3, -0.25) is 9.79 Å². The summed E-state index contributed by atoms with van der Waals surface area (Å²) in [5.41, 5.74) is 2.56. The zero-order chi connectivity index (χ0) is 24.5. The highest BCUT2D eigenvalue weighted by atomic mass is 19.1. The van der Waals surface area contributed by atoms with Gasteiger partial charge in [-0.15, -0.1) is 0 Å². The van der Waals surface area contributed by atoms with Gasteiger partial charge in [0.15, 0.2) is 0 Å². The van der Waals surface area contributed by atoms with Gasteiger partial charge in [-0.1, -0.05) is 42.5 Å². The molecule has 0 bridgehead atoms. The molecule has 7 heteroatoms. The second kappa shape index (κ2) is 11.9. The molecule has 3 N–H and O–H groups in total. The van der Waals surface area contributed by atoms with Gasteiger partial charge in [-0.25, -0.2) is 4.39 Å². The van der Waals surface area contributed by atoms with Gasteiger partial charge in [0.05, 0.1) is 18.7 Å². The van der Waals surface area contributed by atoms with Crippen molar-refractivity contribution < 1.29 is 19.0 Å². The van der Waals surface area contributed by atoms with Crippen LogP contribution in [0.3, 0.4) is 0 Å². The lowest BCUT2D eigenvalue weighted by atomic mass is 9.88. The molecule has 0 saturated heterocycles. The van der Waals surface area contributed by atoms with E-state index in [1.807, 2.05) is 36.4 Å². The number of aliphatic imine (C=N–C) groups is 1. The molecule has 3 rings (SSSR count). The second-order valence-corrected chi connectivity index (χ2v) is 7.75. The molecule has 0 aromatic heterocycles. The van der Waals surface area contributed by atoms with Crippen LogP contribution in [0.15, 0.2) is 77.8 Å². The maximum atomic E-state index is 13.7. The number of hydrogen-bond donors (Lipinski definition) is 3. The van der Waals surface area contributed by atoms with E-state index in [4.69, 9.17) is 10.1 Å². The van der Waals surface area contributed by atoms with Crippen LogP contribution in [0.4, 0.5) is 10.1 Å². The van der Waals surface area contributed by atoms with Crippen LogP contribution >= 0.6 is 0 Å². The first-order valence-corrected chi connectivity index (χ1v) is 10.9. The Hall–Kier alpha value is -3.84. The van der Waals surface area contributed by atoms with Crippen LogP contribution in [0.2, 0.25) is 0 Å². The SMILES string of the molecule is CN=CC(C(=N)C(=O)C(Nc1cc(CCO)cc(OC)c1)c1ccc(F)cc1)c1ccccc1. The van der Waals surface area contributed by atoms with E-state index in [9.17, 15) is 14.3 Å². The topological polar surface area (TPSA) is 94.8 Å². The number of carbonyl (C=O) groups excluding carboxylic acids is 1. The molecular formula is C27H28FN3O3. The number of ether oxygens (including phenoxy) is 1. The molecule has 0 heterocycles. The zero-order valence-electron chi connectivity index (χ0n) is 19.2. The molecule has 6 nitrogen and oxygen atoms in total. The number of rotatable bonds is 11. The number of aliphatic hydroxyl groups is 1. The van der Waals surface area contributed by atoms with Gasteiger partial charge in [0, 0.05) is 31.6 Å². The van der Waals surface area contributed by atoms with Gasteiger partial charge in [0.1, 0.15) is 17.6 Å². The number of benzene rings is 3. The van der Waals surface area contributed by atoms with E-state index in [0.29, 0.717) is 23.4 Å². The molecular weight excluding hydrogens is 433 g/mol. The fraction of sp³-hybridized carbons (Fsp3) is 0.222. The third kappa shape index (κ3) is 6.14. The number of hydrogen-bond acceptors (Lipinski definition) is 6. The Morgan fingerprint density at radius 2 is 1.82 bits per heavy atom. The minimum atomic E-state index is -0.946. The number of carbonyl (C=O) groups is 1. The molecule has 0 aliphatic carbocycles. The first-order chi connectivity index (χ1) is 16.5. The maximum absolute atomic E-state index is 13.7. The van der Waals surface area contributed by atoms with Gasteiger partial charge >= 0.3 is 0 Å². The number of aliphatic hydroxyl groups excluding tert-OH is 1. The van der Waals surface area contributed by atoms with Gasteiger partial charge in [-0.2, -0.15) is 0 Å². The lowest BCUT2D eigenvalue weighted by Gasteiger charge is -2.23. The smallest absolute Gasteiger partial charge is 0.204 e. The van der Waals surface area contributed by atoms with Crippen molar-refractivity contribution in [2.24, 2.45) is 4.99 Å². The van der Waals surface area contributed by atoms with Crippen molar-refractivity contribution in [1.82, 2.24) is 0 Å². The summed E-state index contributed by atoms with van der Waals surface area (Å²) in [6.07, 6.45) is 1.99. The van der Waals surface area contributed by atoms with Gasteiger partial charge < -0.3 is 20.6 Å². The Bertz CT molecular complexity index is 1150. The molecule has 176 valence electrons. The van der Waals surface area contributed by atoms with Gasteiger partial charge in [0.25, 0.3) is 0 Å². The standard InChI is InChI=1S/C27H28FN3O3/c1-30-17-24(19-6-4-3-5-7-19)25(29)27(33)26(20-8-10-21(28)11-9-20)31-22-14-18(12-13-32)15-23(16-22)34-2/h3-11,14-17,24,26,29,31-32H,12-13H2,1-2H3. The molecule has 0 saturated carbocycles. The maximum Gasteiger partial charge on any atom is 0.204 e. The highest BCUT2D eigenvalue weighted by Gasteiger charge is 2.29. The summed E-state index contributed by atoms with van der Waals surface area (Å²) in [6.45, 7) is -0.0350. The average Bonchev–Trinajstić information content (AvgIpc) is 2.86. The summed E-state index contributed by atoms with van der Waals surface area (Å²) < 4.78 is 19.0. The first kappa shape index (κ1) is 24.8. The fourth-order valence-corrected chi connectivity index (χ4v) is 3.70. The first-order valence-electron chi connectivity index (χ1n) is 10.9. The predicted molar refractivity (Wildman–Crippen MR) is 133 cm³/mol. The summed E-state index contributed by atoms with van der Waals surface area (Å²) in [4.78, 5) is 17.7. The molecule has 0 fully saturated rings. The summed E-state index contributed by atoms with van der Waals surface area (Å²) in [6, 6.07) is 19.3. The average molecular weight is 462 g/mol. The third-order valence-electron chi connectivity index (χ3n) is 5.41. The van der Waals surface area contributed by atoms with Crippen molar-refractivity contribution in [3.05, 3.63) is 95.3 Å². The number of methoxy groups -OCH3 is 1. The zero-order valence-corrected chi connectivity index (χ0v) is 19.2. The van der Waals surface area contributed by atoms with Crippen molar-refractivity contribution >= 4 is 23.4 Å². The van der Waals surface area contributed by atoms with Crippen LogP contribution < -0.4 is 10.1 Å². The Labute approximate surface area is 198 Å². The Kier molecular flexibility index (Phi) is 8.65. The van der Waals surface area contributed by atoms with E-state index in [-0.39, 0.29) is 12.3 Å². The number of nitrogens with zero attached hydrogens (tertiary/aromatic N) is 1. The molecule has 0 aliphatic rings. The van der Waals surface area contributed by atoms with E-state index in [0.717, 1.165) is 11.1 Å². The molecule has 3 aromatic rings. The number of halogens is 1. The fourth-order valence-electron chi connectivity index (χ4n) is 3.70.